The highest BCUT2D eigenvalue weighted by molar-refractivity contribution is 14.1. The maximum Gasteiger partial charge on any atom is 0.417 e. The first kappa shape index (κ1) is 32.2. The summed E-state index contributed by atoms with van der Waals surface area (Å²) in [4.78, 5) is 36.4. The summed E-state index contributed by atoms with van der Waals surface area (Å²) < 4.78 is 13.4. The minimum atomic E-state index is -1.04. The molecule has 0 saturated carbocycles. The van der Waals surface area contributed by atoms with Gasteiger partial charge in [0.05, 0.1) is 11.6 Å². The number of aliphatic imine (C=N–C) groups is 1. The topological polar surface area (TPSA) is 71.4 Å². The van der Waals surface area contributed by atoms with E-state index in [0.29, 0.717) is 12.8 Å². The summed E-state index contributed by atoms with van der Waals surface area (Å²) in [6.07, 6.45) is 5.46. The van der Waals surface area contributed by atoms with Crippen LogP contribution in [-0.2, 0) is 20.7 Å². The van der Waals surface area contributed by atoms with Gasteiger partial charge >= 0.3 is 6.09 Å². The number of carbonyl (C=O) groups is 2. The fourth-order valence-electron chi connectivity index (χ4n) is 5.70. The van der Waals surface area contributed by atoms with E-state index in [4.69, 9.17) is 14.5 Å². The van der Waals surface area contributed by atoms with Crippen LogP contribution >= 0.6 is 22.6 Å². The fourth-order valence-corrected chi connectivity index (χ4v) is 6.15. The number of hydrogen-bond acceptors (Lipinski definition) is 6. The summed E-state index contributed by atoms with van der Waals surface area (Å²) in [7, 11) is 2.05. The number of carbonyl (C=O) groups excluding carboxylic acids is 2. The van der Waals surface area contributed by atoms with Crippen LogP contribution in [-0.4, -0.2) is 65.1 Å². The molecular weight excluding hydrogens is 641 g/mol. The number of amides is 2. The Kier molecular flexibility index (Phi) is 10.2. The Morgan fingerprint density at radius 1 is 1.14 bits per heavy atom. The molecule has 0 aromatic heterocycles. The second kappa shape index (κ2) is 13.3. The summed E-state index contributed by atoms with van der Waals surface area (Å²) >= 11 is 2.38. The molecule has 42 heavy (non-hydrogen) atoms. The van der Waals surface area contributed by atoms with Gasteiger partial charge in [0.1, 0.15) is 12.8 Å². The molecule has 226 valence electrons. The average Bonchev–Trinajstić information content (AvgIpc) is 3.30. The van der Waals surface area contributed by atoms with Crippen LogP contribution in [0.5, 0.6) is 0 Å². The van der Waals surface area contributed by atoms with Crippen LogP contribution in [0.15, 0.2) is 79.0 Å². The van der Waals surface area contributed by atoms with Crippen molar-refractivity contribution >= 4 is 40.3 Å². The van der Waals surface area contributed by atoms with Gasteiger partial charge in [-0.3, -0.25) is 9.79 Å². The van der Waals surface area contributed by atoms with Gasteiger partial charge in [-0.15, -0.1) is 0 Å². The van der Waals surface area contributed by atoms with Crippen LogP contribution in [0.1, 0.15) is 73.3 Å². The SMILES string of the molecule is CC1=N/C(C)N(C)/C(C)=C(/C)C/C(C2=CC=C(I)CC2)=C\1[C@H](OC(C)(C)C)C(=O)N1C(=O)OC[C@H]1Cc1ccccc1. The van der Waals surface area contributed by atoms with Crippen LogP contribution < -0.4 is 0 Å². The maximum atomic E-state index is 14.7. The van der Waals surface area contributed by atoms with E-state index in [1.165, 1.54) is 19.6 Å². The highest BCUT2D eigenvalue weighted by Crippen LogP contribution is 2.37. The monoisotopic (exact) mass is 685 g/mol. The van der Waals surface area contributed by atoms with Crippen LogP contribution in [0.3, 0.4) is 0 Å². The van der Waals surface area contributed by atoms with Gasteiger partial charge in [0.2, 0.25) is 0 Å². The van der Waals surface area contributed by atoms with Crippen molar-refractivity contribution < 1.29 is 19.1 Å². The first-order valence-electron chi connectivity index (χ1n) is 14.7. The van der Waals surface area contributed by atoms with Gasteiger partial charge in [0.15, 0.2) is 6.10 Å². The third kappa shape index (κ3) is 7.43. The van der Waals surface area contributed by atoms with E-state index in [1.54, 1.807) is 0 Å². The quantitative estimate of drug-likeness (QED) is 0.290. The normalized spacial score (nSPS) is 27.7. The molecule has 2 aliphatic heterocycles. The van der Waals surface area contributed by atoms with Crippen LogP contribution in [0.2, 0.25) is 0 Å². The van der Waals surface area contributed by atoms with Crippen molar-refractivity contribution in [1.29, 1.82) is 0 Å². The molecular formula is C34H44IN3O4. The lowest BCUT2D eigenvalue weighted by molar-refractivity contribution is -0.146. The predicted octanol–water partition coefficient (Wildman–Crippen LogP) is 7.53. The number of ether oxygens (including phenoxy) is 2. The first-order valence-corrected chi connectivity index (χ1v) is 15.8. The number of rotatable bonds is 6. The van der Waals surface area contributed by atoms with Crippen molar-refractivity contribution in [3.63, 3.8) is 0 Å². The average molecular weight is 686 g/mol. The van der Waals surface area contributed by atoms with Gasteiger partial charge in [0.25, 0.3) is 5.91 Å². The van der Waals surface area contributed by atoms with Crippen molar-refractivity contribution in [3.05, 3.63) is 79.6 Å². The molecule has 1 aliphatic carbocycles. The van der Waals surface area contributed by atoms with Crippen LogP contribution in [0.4, 0.5) is 4.79 Å². The van der Waals surface area contributed by atoms with Crippen LogP contribution in [0, 0.1) is 0 Å². The molecule has 3 atom stereocenters. The Morgan fingerprint density at radius 2 is 1.83 bits per heavy atom. The molecule has 1 aromatic rings. The minimum Gasteiger partial charge on any atom is -0.447 e. The van der Waals surface area contributed by atoms with Crippen molar-refractivity contribution in [3.8, 4) is 0 Å². The molecule has 0 radical (unpaired) electrons. The van der Waals surface area contributed by atoms with Crippen molar-refractivity contribution in [1.82, 2.24) is 9.80 Å². The Balaban J connectivity index is 1.91. The second-order valence-electron chi connectivity index (χ2n) is 12.4. The van der Waals surface area contributed by atoms with E-state index in [0.717, 1.165) is 41.0 Å². The first-order chi connectivity index (χ1) is 19.8. The fraction of sp³-hybridized carbons (Fsp3) is 0.500. The third-order valence-corrected chi connectivity index (χ3v) is 9.10. The van der Waals surface area contributed by atoms with Gasteiger partial charge in [-0.05, 0) is 123 Å². The Morgan fingerprint density at radius 3 is 2.45 bits per heavy atom. The van der Waals surface area contributed by atoms with E-state index in [-0.39, 0.29) is 12.8 Å². The Hall–Kier alpha value is -2.72. The summed E-state index contributed by atoms with van der Waals surface area (Å²) in [5.74, 6) is -0.407. The molecule has 1 fully saturated rings. The Labute approximate surface area is 264 Å². The molecule has 4 rings (SSSR count). The summed E-state index contributed by atoms with van der Waals surface area (Å²) in [6, 6.07) is 9.46. The molecule has 1 aromatic carbocycles. The highest BCUT2D eigenvalue weighted by Gasteiger charge is 2.45. The molecule has 7 nitrogen and oxygen atoms in total. The molecule has 2 heterocycles. The van der Waals surface area contributed by atoms with Gasteiger partial charge in [-0.25, -0.2) is 9.69 Å². The molecule has 0 spiro atoms. The van der Waals surface area contributed by atoms with Gasteiger partial charge in [-0.2, -0.15) is 0 Å². The van der Waals surface area contributed by atoms with E-state index < -0.39 is 29.7 Å². The highest BCUT2D eigenvalue weighted by atomic mass is 127. The summed E-state index contributed by atoms with van der Waals surface area (Å²) in [5.41, 5.74) is 6.44. The van der Waals surface area contributed by atoms with Gasteiger partial charge in [0, 0.05) is 24.0 Å². The largest absolute Gasteiger partial charge is 0.447 e. The zero-order valence-corrected chi connectivity index (χ0v) is 28.3. The molecule has 0 bridgehead atoms. The summed E-state index contributed by atoms with van der Waals surface area (Å²) in [5, 5.41) is 0. The Bertz CT molecular complexity index is 1370. The second-order valence-corrected chi connectivity index (χ2v) is 13.8. The van der Waals surface area contributed by atoms with Crippen molar-refractivity contribution in [2.45, 2.75) is 98.1 Å². The molecule has 1 unspecified atom stereocenters. The van der Waals surface area contributed by atoms with Gasteiger partial charge in [-0.1, -0.05) is 42.5 Å². The number of allylic oxidation sites excluding steroid dienone is 7. The molecule has 2 amide bonds. The lowest BCUT2D eigenvalue weighted by Gasteiger charge is -2.33. The standard InChI is InChI=1S/C34H44IN3O4/c1-21-18-29(26-14-16-27(35)17-15-26)30(22(2)36-24(4)37(8)23(21)3)31(42-34(5,6)7)32(39)38-28(20-41-33(38)40)19-25-12-10-9-11-13-25/h9-14,16,24,28,31H,15,17-20H2,1-8H3/b23-21-,30-29-,36-22-/t24?,28-,31+/m1/s1. The number of imide groups is 1. The van der Waals surface area contributed by atoms with E-state index in [1.807, 2.05) is 58.0 Å². The van der Waals surface area contributed by atoms with E-state index in [2.05, 4.69) is 67.5 Å². The maximum absolute atomic E-state index is 14.7. The number of cyclic esters (lactones) is 1. The number of nitrogens with zero attached hydrogens (tertiary/aromatic N) is 3. The van der Waals surface area contributed by atoms with E-state index >= 15 is 0 Å². The van der Waals surface area contributed by atoms with Gasteiger partial charge < -0.3 is 14.4 Å². The van der Waals surface area contributed by atoms with Crippen LogP contribution in [0.25, 0.3) is 0 Å². The smallest absolute Gasteiger partial charge is 0.417 e. The zero-order chi connectivity index (χ0) is 30.8. The minimum absolute atomic E-state index is 0.150. The molecule has 1 saturated heterocycles. The summed E-state index contributed by atoms with van der Waals surface area (Å²) in [6.45, 7) is 14.3. The van der Waals surface area contributed by atoms with Crippen molar-refractivity contribution in [2.75, 3.05) is 13.7 Å². The van der Waals surface area contributed by atoms with E-state index in [9.17, 15) is 9.59 Å². The number of halogens is 1. The third-order valence-electron chi connectivity index (χ3n) is 8.20. The predicted molar refractivity (Wildman–Crippen MR) is 177 cm³/mol. The molecule has 3 aliphatic rings. The van der Waals surface area contributed by atoms with Crippen molar-refractivity contribution in [2.24, 2.45) is 4.99 Å². The lowest BCUT2D eigenvalue weighted by atomic mass is 9.84. The lowest BCUT2D eigenvalue weighted by Crippen LogP contribution is -2.50. The molecule has 0 N–H and O–H groups in total. The molecule has 8 heteroatoms. The zero-order valence-electron chi connectivity index (χ0n) is 26.2. The number of hydrogen-bond donors (Lipinski definition) is 0. The number of benzene rings is 1.